The Morgan fingerprint density at radius 2 is 0.929 bits per heavy atom. The standard InChI is InChI=1S/C12H27P.S/c1-4-7-10-13(11-8-5-2)12-9-6-3;/h4-12H2,1-3H3;. The van der Waals surface area contributed by atoms with Crippen LogP contribution >= 0.6 is 21.4 Å². The molecule has 0 nitrogen and oxygen atoms in total. The van der Waals surface area contributed by atoms with E-state index in [-0.39, 0.29) is 13.5 Å². The quantitative estimate of drug-likeness (QED) is 0.461. The smallest absolute Gasteiger partial charge is 0 e. The Hall–Kier alpha value is 0.780. The first-order valence-corrected chi connectivity index (χ1v) is 7.97. The van der Waals surface area contributed by atoms with Crippen molar-refractivity contribution in [2.45, 2.75) is 59.3 Å². The first kappa shape index (κ1) is 17.2. The van der Waals surface area contributed by atoms with Crippen molar-refractivity contribution in [1.29, 1.82) is 0 Å². The van der Waals surface area contributed by atoms with Crippen LogP contribution in [-0.2, 0) is 0 Å². The van der Waals surface area contributed by atoms with Crippen LogP contribution in [0.1, 0.15) is 59.3 Å². The van der Waals surface area contributed by atoms with Gasteiger partial charge in [-0.2, -0.15) is 0 Å². The summed E-state index contributed by atoms with van der Waals surface area (Å²) in [4.78, 5) is 0. The largest absolute Gasteiger partial charge is 0.107 e. The van der Waals surface area contributed by atoms with Crippen LogP contribution in [-0.4, -0.2) is 18.5 Å². The SMILES string of the molecule is CCCCP(CCCC)CCCC.[S]. The van der Waals surface area contributed by atoms with Crippen molar-refractivity contribution >= 4 is 21.4 Å². The third-order valence-electron chi connectivity index (χ3n) is 2.48. The highest BCUT2D eigenvalue weighted by atomic mass is 32.1. The highest BCUT2D eigenvalue weighted by Gasteiger charge is 2.05. The lowest BCUT2D eigenvalue weighted by atomic mass is 10.4. The summed E-state index contributed by atoms with van der Waals surface area (Å²) in [5.41, 5.74) is 0. The van der Waals surface area contributed by atoms with Gasteiger partial charge in [0.25, 0.3) is 0 Å². The maximum Gasteiger partial charge on any atom is 0 e. The molecule has 0 fully saturated rings. The summed E-state index contributed by atoms with van der Waals surface area (Å²) in [6.07, 6.45) is 13.2. The van der Waals surface area contributed by atoms with Gasteiger partial charge in [-0.25, -0.2) is 0 Å². The Morgan fingerprint density at radius 3 is 1.14 bits per heavy atom. The summed E-state index contributed by atoms with van der Waals surface area (Å²) in [7, 11) is 0.422. The van der Waals surface area contributed by atoms with Crippen molar-refractivity contribution in [2.75, 3.05) is 18.5 Å². The van der Waals surface area contributed by atoms with Gasteiger partial charge >= 0.3 is 0 Å². The van der Waals surface area contributed by atoms with Crippen LogP contribution in [0.15, 0.2) is 0 Å². The molecule has 0 aliphatic heterocycles. The summed E-state index contributed by atoms with van der Waals surface area (Å²) in [5, 5.41) is 0. The minimum absolute atomic E-state index is 0. The Labute approximate surface area is 99.4 Å². The number of unbranched alkanes of at least 4 members (excludes halogenated alkanes) is 3. The van der Waals surface area contributed by atoms with Gasteiger partial charge in [0.05, 0.1) is 0 Å². The van der Waals surface area contributed by atoms with Gasteiger partial charge in [0.1, 0.15) is 0 Å². The maximum absolute atomic E-state index is 2.31. The van der Waals surface area contributed by atoms with Crippen LogP contribution in [0.5, 0.6) is 0 Å². The van der Waals surface area contributed by atoms with E-state index >= 15 is 0 Å². The Balaban J connectivity index is 0. The second-order valence-electron chi connectivity index (χ2n) is 3.90. The van der Waals surface area contributed by atoms with E-state index in [1.54, 1.807) is 18.5 Å². The summed E-state index contributed by atoms with van der Waals surface area (Å²) in [6, 6.07) is 0. The molecule has 0 aliphatic rings. The molecule has 0 aromatic carbocycles. The van der Waals surface area contributed by atoms with Crippen molar-refractivity contribution in [3.63, 3.8) is 0 Å². The molecule has 14 heavy (non-hydrogen) atoms. The lowest BCUT2D eigenvalue weighted by Crippen LogP contribution is -1.95. The van der Waals surface area contributed by atoms with Crippen molar-refractivity contribution in [1.82, 2.24) is 0 Å². The molecule has 0 saturated carbocycles. The van der Waals surface area contributed by atoms with Crippen LogP contribution in [0.3, 0.4) is 0 Å². The van der Waals surface area contributed by atoms with Gasteiger partial charge in [0.15, 0.2) is 0 Å². The van der Waals surface area contributed by atoms with Crippen LogP contribution < -0.4 is 0 Å². The van der Waals surface area contributed by atoms with Gasteiger partial charge in [-0.15, -0.1) is 7.92 Å². The van der Waals surface area contributed by atoms with Gasteiger partial charge in [0, 0.05) is 13.5 Å². The number of rotatable bonds is 9. The van der Waals surface area contributed by atoms with Gasteiger partial charge in [0.2, 0.25) is 0 Å². The second kappa shape index (κ2) is 13.8. The second-order valence-corrected chi connectivity index (χ2v) is 6.59. The normalized spacial score (nSPS) is 10.3. The minimum atomic E-state index is 0. The molecule has 0 saturated heterocycles. The molecule has 0 aromatic heterocycles. The van der Waals surface area contributed by atoms with E-state index in [0.29, 0.717) is 7.92 Å². The zero-order valence-electron chi connectivity index (χ0n) is 10.2. The Kier molecular flexibility index (Phi) is 16.9. The van der Waals surface area contributed by atoms with Crippen molar-refractivity contribution in [2.24, 2.45) is 0 Å². The molecule has 0 aliphatic carbocycles. The lowest BCUT2D eigenvalue weighted by Gasteiger charge is -2.16. The van der Waals surface area contributed by atoms with Crippen LogP contribution in [0.2, 0.25) is 0 Å². The summed E-state index contributed by atoms with van der Waals surface area (Å²) >= 11 is 0. The van der Waals surface area contributed by atoms with E-state index in [0.717, 1.165) is 0 Å². The third-order valence-corrected chi connectivity index (χ3v) is 5.33. The molecule has 0 rings (SSSR count). The zero-order chi connectivity index (χ0) is 9.94. The van der Waals surface area contributed by atoms with E-state index in [9.17, 15) is 0 Å². The fraction of sp³-hybridized carbons (Fsp3) is 1.00. The Morgan fingerprint density at radius 1 is 0.643 bits per heavy atom. The Bertz CT molecular complexity index is 77.3. The van der Waals surface area contributed by atoms with Crippen LogP contribution in [0, 0.1) is 0 Å². The molecule has 0 heterocycles. The first-order valence-electron chi connectivity index (χ1n) is 6.07. The van der Waals surface area contributed by atoms with Gasteiger partial charge in [-0.3, -0.25) is 0 Å². The molecule has 0 spiro atoms. The summed E-state index contributed by atoms with van der Waals surface area (Å²) in [5.74, 6) is 0. The molecule has 0 unspecified atom stereocenters. The van der Waals surface area contributed by atoms with E-state index in [4.69, 9.17) is 0 Å². The predicted molar refractivity (Wildman–Crippen MR) is 73.8 cm³/mol. The summed E-state index contributed by atoms with van der Waals surface area (Å²) < 4.78 is 0. The summed E-state index contributed by atoms with van der Waals surface area (Å²) in [6.45, 7) is 6.94. The minimum Gasteiger partial charge on any atom is -0.107 e. The highest BCUT2D eigenvalue weighted by molar-refractivity contribution is 7.59. The first-order chi connectivity index (χ1) is 6.35. The molecule has 2 heteroatoms. The van der Waals surface area contributed by atoms with Crippen LogP contribution in [0.4, 0.5) is 0 Å². The number of hydrogen-bond donors (Lipinski definition) is 0. The lowest BCUT2D eigenvalue weighted by molar-refractivity contribution is 0.847. The maximum atomic E-state index is 2.31. The molecule has 0 aromatic rings. The molecule has 0 N–H and O–H groups in total. The highest BCUT2D eigenvalue weighted by Crippen LogP contribution is 2.38. The molecular formula is C12H27PS. The van der Waals surface area contributed by atoms with Crippen molar-refractivity contribution in [3.05, 3.63) is 0 Å². The fourth-order valence-corrected chi connectivity index (χ4v) is 4.44. The molecule has 0 atom stereocenters. The molecule has 0 amide bonds. The molecule has 86 valence electrons. The zero-order valence-corrected chi connectivity index (χ0v) is 11.9. The average molecular weight is 234 g/mol. The average Bonchev–Trinajstić information content (AvgIpc) is 2.17. The van der Waals surface area contributed by atoms with Gasteiger partial charge in [-0.05, 0) is 37.7 Å². The van der Waals surface area contributed by atoms with Crippen molar-refractivity contribution < 1.29 is 0 Å². The molecular weight excluding hydrogens is 207 g/mol. The van der Waals surface area contributed by atoms with E-state index < -0.39 is 0 Å². The van der Waals surface area contributed by atoms with E-state index in [2.05, 4.69) is 20.8 Å². The molecule has 2 radical (unpaired) electrons. The fourth-order valence-electron chi connectivity index (χ4n) is 1.48. The topological polar surface area (TPSA) is 0 Å². The number of hydrogen-bond acceptors (Lipinski definition) is 0. The van der Waals surface area contributed by atoms with Crippen molar-refractivity contribution in [3.8, 4) is 0 Å². The molecule has 0 bridgehead atoms. The van der Waals surface area contributed by atoms with Gasteiger partial charge < -0.3 is 0 Å². The van der Waals surface area contributed by atoms with E-state index in [1.807, 2.05) is 0 Å². The monoisotopic (exact) mass is 234 g/mol. The third kappa shape index (κ3) is 10.9. The van der Waals surface area contributed by atoms with E-state index in [1.165, 1.54) is 38.5 Å². The predicted octanol–water partition coefficient (Wildman–Crippen LogP) is 5.52. The van der Waals surface area contributed by atoms with Gasteiger partial charge in [-0.1, -0.05) is 40.0 Å². The van der Waals surface area contributed by atoms with Crippen LogP contribution in [0.25, 0.3) is 0 Å².